The average molecular weight is 656 g/mol. The summed E-state index contributed by atoms with van der Waals surface area (Å²) in [4.78, 5) is 17.7. The minimum atomic E-state index is -0.762. The molecule has 3 aromatic rings. The fourth-order valence-electron chi connectivity index (χ4n) is 5.71. The summed E-state index contributed by atoms with van der Waals surface area (Å²) in [7, 11) is 1.63. The third-order valence-electron chi connectivity index (χ3n) is 8.56. The van der Waals surface area contributed by atoms with E-state index >= 15 is 0 Å². The van der Waals surface area contributed by atoms with Gasteiger partial charge in [-0.15, -0.1) is 11.6 Å². The first kappa shape index (κ1) is 32.5. The maximum absolute atomic E-state index is 13.2. The van der Waals surface area contributed by atoms with Gasteiger partial charge in [0, 0.05) is 35.8 Å². The topological polar surface area (TPSA) is 127 Å². The lowest BCUT2D eigenvalue weighted by Crippen LogP contribution is -2.38. The van der Waals surface area contributed by atoms with Gasteiger partial charge in [-0.3, -0.25) is 9.78 Å². The Kier molecular flexibility index (Phi) is 10.1. The van der Waals surface area contributed by atoms with E-state index in [4.69, 9.17) is 30.5 Å². The number of methoxy groups -OCH3 is 1. The summed E-state index contributed by atoms with van der Waals surface area (Å²) in [5.41, 5.74) is 4.00. The number of carbonyl (C=O) groups is 1. The van der Waals surface area contributed by atoms with E-state index < -0.39 is 11.0 Å². The van der Waals surface area contributed by atoms with Crippen LogP contribution in [0.25, 0.3) is 10.9 Å². The molecule has 244 valence electrons. The highest BCUT2D eigenvalue weighted by molar-refractivity contribution is 6.23. The van der Waals surface area contributed by atoms with Gasteiger partial charge >= 0.3 is 0 Å². The van der Waals surface area contributed by atoms with E-state index in [-0.39, 0.29) is 12.0 Å². The number of amides is 1. The van der Waals surface area contributed by atoms with Gasteiger partial charge in [0.2, 0.25) is 5.91 Å². The van der Waals surface area contributed by atoms with Crippen LogP contribution >= 0.6 is 11.6 Å². The summed E-state index contributed by atoms with van der Waals surface area (Å²) in [5, 5.41) is 19.9. The second-order valence-electron chi connectivity index (χ2n) is 12.0. The van der Waals surface area contributed by atoms with Crippen molar-refractivity contribution in [3.8, 4) is 17.6 Å². The molecule has 3 heterocycles. The summed E-state index contributed by atoms with van der Waals surface area (Å²) in [6, 6.07) is 13.6. The van der Waals surface area contributed by atoms with Crippen molar-refractivity contribution in [1.29, 1.82) is 5.26 Å². The SMILES string of the molecule is COc1ccc(COC2(C)C=CC(Nc3c(C#N)cnc4cc(OC5CCOC5)c(NC(=O)C=C5CCNCC5)cc34)=CC2Cl)cc1. The van der Waals surface area contributed by atoms with Gasteiger partial charge in [0.25, 0.3) is 0 Å². The Morgan fingerprint density at radius 3 is 2.77 bits per heavy atom. The second-order valence-corrected chi connectivity index (χ2v) is 12.4. The number of ether oxygens (including phenoxy) is 4. The summed E-state index contributed by atoms with van der Waals surface area (Å²) >= 11 is 6.88. The van der Waals surface area contributed by atoms with Crippen LogP contribution in [0.5, 0.6) is 11.5 Å². The van der Waals surface area contributed by atoms with Crippen LogP contribution in [0.1, 0.15) is 37.3 Å². The number of carbonyl (C=O) groups excluding carboxylic acids is 1. The van der Waals surface area contributed by atoms with Crippen molar-refractivity contribution in [3.63, 3.8) is 0 Å². The third kappa shape index (κ3) is 7.77. The Morgan fingerprint density at radius 1 is 1.26 bits per heavy atom. The largest absolute Gasteiger partial charge is 0.497 e. The number of nitrogens with zero attached hydrogens (tertiary/aromatic N) is 2. The number of nitriles is 1. The number of aromatic nitrogens is 1. The Morgan fingerprint density at radius 2 is 2.06 bits per heavy atom. The zero-order valence-electron chi connectivity index (χ0n) is 26.5. The van der Waals surface area contributed by atoms with Crippen molar-refractivity contribution in [3.05, 3.63) is 89.3 Å². The first-order valence-electron chi connectivity index (χ1n) is 15.7. The van der Waals surface area contributed by atoms with Gasteiger partial charge in [0.15, 0.2) is 0 Å². The van der Waals surface area contributed by atoms with Gasteiger partial charge in [-0.05, 0) is 74.8 Å². The quantitative estimate of drug-likeness (QED) is 0.179. The molecule has 0 saturated carbocycles. The summed E-state index contributed by atoms with van der Waals surface area (Å²) in [5.74, 6) is 1.04. The molecule has 3 N–H and O–H groups in total. The molecular weight excluding hydrogens is 618 g/mol. The van der Waals surface area contributed by atoms with Crippen molar-refractivity contribution in [1.82, 2.24) is 10.3 Å². The molecule has 1 aromatic heterocycles. The molecule has 2 fully saturated rings. The number of benzene rings is 2. The number of anilines is 2. The van der Waals surface area contributed by atoms with Crippen LogP contribution in [0, 0.1) is 11.3 Å². The van der Waals surface area contributed by atoms with Crippen LogP contribution in [0.2, 0.25) is 0 Å². The molecular formula is C36H38ClN5O5. The number of halogens is 1. The number of fused-ring (bicyclic) bond motifs is 1. The van der Waals surface area contributed by atoms with Crippen molar-refractivity contribution in [2.24, 2.45) is 0 Å². The number of hydrogen-bond acceptors (Lipinski definition) is 9. The lowest BCUT2D eigenvalue weighted by atomic mass is 9.95. The monoisotopic (exact) mass is 655 g/mol. The van der Waals surface area contributed by atoms with Crippen molar-refractivity contribution in [2.75, 3.05) is 44.0 Å². The van der Waals surface area contributed by atoms with Gasteiger partial charge < -0.3 is 34.9 Å². The van der Waals surface area contributed by atoms with Crippen LogP contribution < -0.4 is 25.4 Å². The molecule has 2 aromatic carbocycles. The fourth-order valence-corrected chi connectivity index (χ4v) is 5.98. The maximum Gasteiger partial charge on any atom is 0.248 e. The second kappa shape index (κ2) is 14.6. The molecule has 1 aliphatic carbocycles. The fraction of sp³-hybridized carbons (Fsp3) is 0.361. The molecule has 0 radical (unpaired) electrons. The number of rotatable bonds is 10. The van der Waals surface area contributed by atoms with E-state index in [1.54, 1.807) is 19.3 Å². The zero-order valence-corrected chi connectivity index (χ0v) is 27.2. The predicted octanol–water partition coefficient (Wildman–Crippen LogP) is 5.98. The van der Waals surface area contributed by atoms with Crippen LogP contribution in [0.4, 0.5) is 11.4 Å². The predicted molar refractivity (Wildman–Crippen MR) is 182 cm³/mol. The van der Waals surface area contributed by atoms with Crippen LogP contribution in [-0.2, 0) is 20.9 Å². The summed E-state index contributed by atoms with van der Waals surface area (Å²) in [6.45, 7) is 5.10. The number of pyridine rings is 1. The Balaban J connectivity index is 1.27. The van der Waals surface area contributed by atoms with Gasteiger partial charge in [0.1, 0.15) is 29.3 Å². The highest BCUT2D eigenvalue weighted by Crippen LogP contribution is 2.38. The molecule has 3 aliphatic rings. The zero-order chi connectivity index (χ0) is 32.8. The molecule has 10 nitrogen and oxygen atoms in total. The smallest absolute Gasteiger partial charge is 0.248 e. The van der Waals surface area contributed by atoms with Gasteiger partial charge in [-0.1, -0.05) is 17.7 Å². The summed E-state index contributed by atoms with van der Waals surface area (Å²) < 4.78 is 23.3. The average Bonchev–Trinajstić information content (AvgIpc) is 3.60. The molecule has 3 unspecified atom stereocenters. The molecule has 3 atom stereocenters. The van der Waals surface area contributed by atoms with Crippen LogP contribution in [-0.4, -0.2) is 61.4 Å². The van der Waals surface area contributed by atoms with E-state index in [0.717, 1.165) is 49.2 Å². The molecule has 11 heteroatoms. The highest BCUT2D eigenvalue weighted by Gasteiger charge is 2.33. The lowest BCUT2D eigenvalue weighted by molar-refractivity contribution is -0.112. The maximum atomic E-state index is 13.2. The van der Waals surface area contributed by atoms with Crippen molar-refractivity contribution in [2.45, 2.75) is 49.9 Å². The standard InChI is InChI=1S/C36H38ClN5O5/c1-36(46-21-24-3-5-27(44-2)6-4-24)11-7-26(16-33(36)37)41-35-25(19-38)20-40-30-18-32(47-28-10-14-45-22-28)31(17-29(30)35)42-34(43)15-23-8-12-39-13-9-23/h3-7,11,15-18,20,28,33,39H,8-10,12-14,21-22H2,1-2H3,(H,40,41)(H,42,43). The van der Waals surface area contributed by atoms with E-state index in [2.05, 4.69) is 27.0 Å². The van der Waals surface area contributed by atoms with Gasteiger partial charge in [0.05, 0.1) is 54.8 Å². The van der Waals surface area contributed by atoms with E-state index in [9.17, 15) is 10.1 Å². The first-order chi connectivity index (χ1) is 22.8. The number of alkyl halides is 1. The van der Waals surface area contributed by atoms with Crippen molar-refractivity contribution >= 4 is 39.8 Å². The van der Waals surface area contributed by atoms with E-state index in [1.165, 1.54) is 6.20 Å². The number of hydrogen-bond donors (Lipinski definition) is 3. The first-order valence-corrected chi connectivity index (χ1v) is 16.2. The van der Waals surface area contributed by atoms with Crippen LogP contribution in [0.15, 0.2) is 78.2 Å². The van der Waals surface area contributed by atoms with Crippen molar-refractivity contribution < 1.29 is 23.7 Å². The molecule has 0 spiro atoms. The minimum absolute atomic E-state index is 0.138. The Hall–Kier alpha value is -4.40. The minimum Gasteiger partial charge on any atom is -0.497 e. The highest BCUT2D eigenvalue weighted by atomic mass is 35.5. The van der Waals surface area contributed by atoms with Gasteiger partial charge in [-0.2, -0.15) is 5.26 Å². The normalized spacial score (nSPS) is 22.3. The molecule has 2 aliphatic heterocycles. The Labute approximate surface area is 279 Å². The van der Waals surface area contributed by atoms with Crippen LogP contribution in [0.3, 0.4) is 0 Å². The number of nitrogens with one attached hydrogen (secondary N) is 3. The third-order valence-corrected chi connectivity index (χ3v) is 9.11. The van der Waals surface area contributed by atoms with Gasteiger partial charge in [-0.25, -0.2) is 0 Å². The van der Waals surface area contributed by atoms with E-state index in [0.29, 0.717) is 59.1 Å². The van der Waals surface area contributed by atoms with E-state index in [1.807, 2.05) is 55.5 Å². The Bertz CT molecular complexity index is 1750. The molecule has 1 amide bonds. The summed E-state index contributed by atoms with van der Waals surface area (Å²) in [6.07, 6.45) is 11.1. The molecule has 47 heavy (non-hydrogen) atoms. The molecule has 2 saturated heterocycles. The number of allylic oxidation sites excluding steroid dienone is 1. The lowest BCUT2D eigenvalue weighted by Gasteiger charge is -2.33. The molecule has 0 bridgehead atoms. The number of piperidine rings is 1. The molecule has 6 rings (SSSR count).